The average Bonchev–Trinajstić information content (AvgIpc) is 2.84. The van der Waals surface area contributed by atoms with E-state index < -0.39 is 0 Å². The van der Waals surface area contributed by atoms with Crippen LogP contribution in [0.25, 0.3) is 0 Å². The molecule has 1 aliphatic heterocycles. The first-order chi connectivity index (χ1) is 7.70. The number of nitrogens with one attached hydrogen (secondary N) is 1. The van der Waals surface area contributed by atoms with E-state index in [2.05, 4.69) is 22.1 Å². The molecule has 1 amide bonds. The van der Waals surface area contributed by atoms with Crippen molar-refractivity contribution in [2.24, 2.45) is 0 Å². The second-order valence-corrected chi connectivity index (χ2v) is 4.97. The van der Waals surface area contributed by atoms with Crippen LogP contribution in [0.5, 0.6) is 0 Å². The van der Waals surface area contributed by atoms with Crippen LogP contribution < -0.4 is 11.1 Å². The van der Waals surface area contributed by atoms with E-state index in [1.807, 2.05) is 0 Å². The lowest BCUT2D eigenvalue weighted by Gasteiger charge is -2.24. The van der Waals surface area contributed by atoms with E-state index >= 15 is 0 Å². The summed E-state index contributed by atoms with van der Waals surface area (Å²) < 4.78 is 0. The maximum atomic E-state index is 11.6. The van der Waals surface area contributed by atoms with Crippen molar-refractivity contribution in [3.63, 3.8) is 0 Å². The molecule has 1 saturated heterocycles. The van der Waals surface area contributed by atoms with E-state index in [1.54, 1.807) is 6.20 Å². The maximum absolute atomic E-state index is 11.6. The van der Waals surface area contributed by atoms with Crippen LogP contribution in [-0.2, 0) is 11.3 Å². The molecule has 0 radical (unpaired) electrons. The lowest BCUT2D eigenvalue weighted by molar-refractivity contribution is -0.123. The second-order valence-electron chi connectivity index (χ2n) is 3.82. The van der Waals surface area contributed by atoms with Gasteiger partial charge in [0.25, 0.3) is 0 Å². The zero-order valence-electron chi connectivity index (χ0n) is 9.27. The van der Waals surface area contributed by atoms with Gasteiger partial charge in [-0.15, -0.1) is 11.3 Å². The van der Waals surface area contributed by atoms with Crippen LogP contribution in [0.3, 0.4) is 0 Å². The minimum absolute atomic E-state index is 0.00771. The Kier molecular flexibility index (Phi) is 3.40. The summed E-state index contributed by atoms with van der Waals surface area (Å²) in [4.78, 5) is 18.9. The van der Waals surface area contributed by atoms with Crippen molar-refractivity contribution in [3.05, 3.63) is 11.1 Å². The molecule has 6 heteroatoms. The van der Waals surface area contributed by atoms with Crippen molar-refractivity contribution in [2.45, 2.75) is 25.9 Å². The number of nitrogens with zero attached hydrogens (tertiary/aromatic N) is 2. The standard InChI is InChI=1S/C10H16N4OS/c1-2-14(8-3-4-12-9(8)15)6-7-5-13-10(11)16-7/h5,8H,2-4,6H2,1H3,(H2,11,13)(H,12,15). The molecule has 0 aliphatic carbocycles. The summed E-state index contributed by atoms with van der Waals surface area (Å²) in [5.74, 6) is 0.138. The predicted octanol–water partition coefficient (Wildman–Crippen LogP) is 0.436. The van der Waals surface area contributed by atoms with Crippen molar-refractivity contribution in [1.29, 1.82) is 0 Å². The minimum atomic E-state index is 0.00771. The van der Waals surface area contributed by atoms with Crippen LogP contribution in [0.2, 0.25) is 0 Å². The predicted molar refractivity (Wildman–Crippen MR) is 64.0 cm³/mol. The highest BCUT2D eigenvalue weighted by molar-refractivity contribution is 7.15. The number of rotatable bonds is 4. The number of thiazole rings is 1. The van der Waals surface area contributed by atoms with Gasteiger partial charge in [0.1, 0.15) is 0 Å². The fraction of sp³-hybridized carbons (Fsp3) is 0.600. The topological polar surface area (TPSA) is 71.2 Å². The Labute approximate surface area is 98.7 Å². The third-order valence-electron chi connectivity index (χ3n) is 2.80. The fourth-order valence-electron chi connectivity index (χ4n) is 1.97. The van der Waals surface area contributed by atoms with Gasteiger partial charge in [-0.3, -0.25) is 9.69 Å². The summed E-state index contributed by atoms with van der Waals surface area (Å²) in [6.45, 7) is 4.46. The van der Waals surface area contributed by atoms with Gasteiger partial charge in [0, 0.05) is 24.2 Å². The van der Waals surface area contributed by atoms with Crippen molar-refractivity contribution < 1.29 is 4.79 Å². The van der Waals surface area contributed by atoms with Gasteiger partial charge in [0.05, 0.1) is 6.04 Å². The molecule has 1 atom stereocenters. The Balaban J connectivity index is 2.02. The van der Waals surface area contributed by atoms with Crippen LogP contribution in [0.15, 0.2) is 6.20 Å². The molecule has 0 spiro atoms. The third-order valence-corrected chi connectivity index (χ3v) is 3.61. The smallest absolute Gasteiger partial charge is 0.237 e. The number of anilines is 1. The molecule has 2 heterocycles. The molecule has 5 nitrogen and oxygen atoms in total. The number of hydrogen-bond donors (Lipinski definition) is 2. The molecule has 1 aromatic rings. The van der Waals surface area contributed by atoms with Crippen LogP contribution in [-0.4, -0.2) is 34.9 Å². The lowest BCUT2D eigenvalue weighted by Crippen LogP contribution is -2.39. The Hall–Kier alpha value is -1.14. The highest BCUT2D eigenvalue weighted by Crippen LogP contribution is 2.19. The molecule has 1 fully saturated rings. The molecular formula is C10H16N4OS. The van der Waals surface area contributed by atoms with Gasteiger partial charge in [0.15, 0.2) is 5.13 Å². The van der Waals surface area contributed by atoms with E-state index in [9.17, 15) is 4.79 Å². The molecule has 3 N–H and O–H groups in total. The van der Waals surface area contributed by atoms with Crippen molar-refractivity contribution in [2.75, 3.05) is 18.8 Å². The summed E-state index contributed by atoms with van der Waals surface area (Å²) >= 11 is 1.48. The number of nitrogens with two attached hydrogens (primary N) is 1. The zero-order chi connectivity index (χ0) is 11.5. The van der Waals surface area contributed by atoms with E-state index in [1.165, 1.54) is 11.3 Å². The number of nitrogen functional groups attached to an aromatic ring is 1. The van der Waals surface area contributed by atoms with E-state index in [0.29, 0.717) is 5.13 Å². The van der Waals surface area contributed by atoms with Gasteiger partial charge in [-0.1, -0.05) is 6.92 Å². The van der Waals surface area contributed by atoms with Crippen molar-refractivity contribution in [3.8, 4) is 0 Å². The quantitative estimate of drug-likeness (QED) is 0.801. The number of likely N-dealkylation sites (N-methyl/N-ethyl adjacent to an activating group) is 1. The Morgan fingerprint density at radius 1 is 1.75 bits per heavy atom. The minimum Gasteiger partial charge on any atom is -0.375 e. The Morgan fingerprint density at radius 3 is 3.06 bits per heavy atom. The molecule has 0 aromatic carbocycles. The Morgan fingerprint density at radius 2 is 2.56 bits per heavy atom. The zero-order valence-corrected chi connectivity index (χ0v) is 10.1. The molecular weight excluding hydrogens is 224 g/mol. The molecule has 1 aromatic heterocycles. The maximum Gasteiger partial charge on any atom is 0.237 e. The molecule has 0 saturated carbocycles. The molecule has 1 unspecified atom stereocenters. The molecule has 88 valence electrons. The van der Waals surface area contributed by atoms with Gasteiger partial charge in [-0.25, -0.2) is 4.98 Å². The lowest BCUT2D eigenvalue weighted by atomic mass is 10.2. The highest BCUT2D eigenvalue weighted by atomic mass is 32.1. The highest BCUT2D eigenvalue weighted by Gasteiger charge is 2.29. The molecule has 2 rings (SSSR count). The van der Waals surface area contributed by atoms with Crippen LogP contribution in [0, 0.1) is 0 Å². The van der Waals surface area contributed by atoms with Gasteiger partial charge in [0.2, 0.25) is 5.91 Å². The largest absolute Gasteiger partial charge is 0.375 e. The van der Waals surface area contributed by atoms with E-state index in [4.69, 9.17) is 5.73 Å². The van der Waals surface area contributed by atoms with Crippen molar-refractivity contribution >= 4 is 22.4 Å². The average molecular weight is 240 g/mol. The number of aromatic nitrogens is 1. The van der Waals surface area contributed by atoms with Crippen molar-refractivity contribution in [1.82, 2.24) is 15.2 Å². The normalized spacial score (nSPS) is 20.4. The van der Waals surface area contributed by atoms with Crippen LogP contribution in [0.4, 0.5) is 5.13 Å². The fourth-order valence-corrected chi connectivity index (χ4v) is 2.68. The van der Waals surface area contributed by atoms with E-state index in [0.717, 1.165) is 30.9 Å². The number of hydrogen-bond acceptors (Lipinski definition) is 5. The monoisotopic (exact) mass is 240 g/mol. The summed E-state index contributed by atoms with van der Waals surface area (Å²) in [5, 5.41) is 3.44. The summed E-state index contributed by atoms with van der Waals surface area (Å²) in [7, 11) is 0. The first-order valence-corrected chi connectivity index (χ1v) is 6.24. The third kappa shape index (κ3) is 2.33. The SMILES string of the molecule is CCN(Cc1cnc(N)s1)C1CCNC1=O. The summed E-state index contributed by atoms with van der Waals surface area (Å²) in [6, 6.07) is 0.00771. The second kappa shape index (κ2) is 4.80. The van der Waals surface area contributed by atoms with Gasteiger partial charge >= 0.3 is 0 Å². The van der Waals surface area contributed by atoms with Gasteiger partial charge in [-0.05, 0) is 13.0 Å². The number of amides is 1. The number of carbonyl (C=O) groups excluding carboxylic acids is 1. The first kappa shape index (κ1) is 11.3. The molecule has 16 heavy (non-hydrogen) atoms. The molecule has 0 bridgehead atoms. The van der Waals surface area contributed by atoms with E-state index in [-0.39, 0.29) is 11.9 Å². The van der Waals surface area contributed by atoms with Crippen LogP contribution >= 0.6 is 11.3 Å². The molecule has 1 aliphatic rings. The van der Waals surface area contributed by atoms with Gasteiger partial charge < -0.3 is 11.1 Å². The summed E-state index contributed by atoms with van der Waals surface area (Å²) in [5.41, 5.74) is 5.59. The first-order valence-electron chi connectivity index (χ1n) is 5.42. The van der Waals surface area contributed by atoms with Gasteiger partial charge in [-0.2, -0.15) is 0 Å². The van der Waals surface area contributed by atoms with Crippen LogP contribution in [0.1, 0.15) is 18.2 Å². The number of carbonyl (C=O) groups is 1. The Bertz CT molecular complexity index is 379. The summed E-state index contributed by atoms with van der Waals surface area (Å²) in [6.07, 6.45) is 2.68.